The molecule has 31 heavy (non-hydrogen) atoms. The second kappa shape index (κ2) is 9.08. The Morgan fingerprint density at radius 3 is 2.13 bits per heavy atom. The topological polar surface area (TPSA) is 97.1 Å². The Labute approximate surface area is 183 Å². The summed E-state index contributed by atoms with van der Waals surface area (Å²) in [4.78, 5) is 10.2. The summed E-state index contributed by atoms with van der Waals surface area (Å²) >= 11 is 5.88. The van der Waals surface area contributed by atoms with Crippen LogP contribution in [0.1, 0.15) is 18.1 Å². The van der Waals surface area contributed by atoms with Gasteiger partial charge in [0.25, 0.3) is 5.69 Å². The Morgan fingerprint density at radius 2 is 1.52 bits per heavy atom. The molecule has 0 unspecified atom stereocenters. The Kier molecular flexibility index (Phi) is 6.25. The highest BCUT2D eigenvalue weighted by atomic mass is 35.5. The summed E-state index contributed by atoms with van der Waals surface area (Å²) in [6.45, 7) is 0.179. The number of hydrogen-bond donors (Lipinski definition) is 0. The molecule has 1 fully saturated rings. The number of nitro groups is 1. The molecule has 3 aromatic rings. The van der Waals surface area contributed by atoms with E-state index >= 15 is 0 Å². The van der Waals surface area contributed by atoms with Crippen molar-refractivity contribution >= 4 is 25.1 Å². The quantitative estimate of drug-likeness (QED) is 0.228. The predicted molar refractivity (Wildman–Crippen MR) is 114 cm³/mol. The fraction of sp³-hybridized carbons (Fsp3) is 0.143. The number of rotatable bonds is 6. The fourth-order valence-electron chi connectivity index (χ4n) is 2.93. The fourth-order valence-corrected chi connectivity index (χ4v) is 4.46. The molecule has 0 N–H and O–H groups in total. The minimum Gasteiger partial charge on any atom is -0.457 e. The third kappa shape index (κ3) is 5.42. The van der Waals surface area contributed by atoms with E-state index in [-0.39, 0.29) is 18.0 Å². The van der Waals surface area contributed by atoms with Crippen molar-refractivity contribution < 1.29 is 27.8 Å². The Bertz CT molecular complexity index is 1100. The molecule has 160 valence electrons. The van der Waals surface area contributed by atoms with Crippen LogP contribution < -0.4 is 9.26 Å². The van der Waals surface area contributed by atoms with Gasteiger partial charge in [-0.15, -0.1) is 0 Å². The van der Waals surface area contributed by atoms with Gasteiger partial charge in [0, 0.05) is 23.6 Å². The van der Waals surface area contributed by atoms with Gasteiger partial charge in [-0.3, -0.25) is 19.2 Å². The average Bonchev–Trinajstić information content (AvgIpc) is 2.76. The first-order valence-electron chi connectivity index (χ1n) is 9.31. The van der Waals surface area contributed by atoms with Crippen LogP contribution in [0, 0.1) is 10.1 Å². The number of phosphoric acid groups is 1. The standard InChI is InChI=1S/C21H17ClNO7P/c22-16-3-9-19(10-4-16)28-18-7-1-15(2-8-18)21-13-14-27-31(26,30-21)29-20-11-5-17(6-12-20)23(24)25/h1-12,21H,13-14H2/t21-,31-/m0/s1. The van der Waals surface area contributed by atoms with Crippen molar-refractivity contribution in [2.45, 2.75) is 12.5 Å². The molecule has 0 aromatic heterocycles. The van der Waals surface area contributed by atoms with E-state index < -0.39 is 18.8 Å². The van der Waals surface area contributed by atoms with Crippen molar-refractivity contribution in [2.75, 3.05) is 6.61 Å². The molecule has 0 bridgehead atoms. The molecule has 0 saturated carbocycles. The second-order valence-electron chi connectivity index (χ2n) is 6.63. The van der Waals surface area contributed by atoms with Gasteiger partial charge in [-0.05, 0) is 54.1 Å². The van der Waals surface area contributed by atoms with Crippen molar-refractivity contribution in [3.8, 4) is 17.2 Å². The van der Waals surface area contributed by atoms with Crippen LogP contribution in [0.5, 0.6) is 17.2 Å². The highest BCUT2D eigenvalue weighted by Gasteiger charge is 2.37. The van der Waals surface area contributed by atoms with E-state index in [0.717, 1.165) is 5.56 Å². The van der Waals surface area contributed by atoms with Crippen LogP contribution in [0.2, 0.25) is 5.02 Å². The monoisotopic (exact) mass is 461 g/mol. The molecular weight excluding hydrogens is 445 g/mol. The second-order valence-corrected chi connectivity index (χ2v) is 8.61. The summed E-state index contributed by atoms with van der Waals surface area (Å²) in [5.74, 6) is 1.44. The maximum Gasteiger partial charge on any atom is 0.530 e. The molecule has 1 aliphatic heterocycles. The summed E-state index contributed by atoms with van der Waals surface area (Å²) in [5.41, 5.74) is 0.689. The van der Waals surface area contributed by atoms with E-state index in [2.05, 4.69) is 0 Å². The first kappa shape index (κ1) is 21.3. The Hall–Kier alpha value is -2.90. The third-order valence-electron chi connectivity index (χ3n) is 4.45. The highest BCUT2D eigenvalue weighted by molar-refractivity contribution is 7.49. The number of benzene rings is 3. The van der Waals surface area contributed by atoms with E-state index in [1.165, 1.54) is 24.3 Å². The summed E-state index contributed by atoms with van der Waals surface area (Å²) in [6.07, 6.45) is -0.00688. The van der Waals surface area contributed by atoms with Crippen molar-refractivity contribution in [1.29, 1.82) is 0 Å². The van der Waals surface area contributed by atoms with Crippen LogP contribution in [-0.4, -0.2) is 11.5 Å². The van der Waals surface area contributed by atoms with Crippen molar-refractivity contribution in [3.05, 3.63) is 93.5 Å². The Morgan fingerprint density at radius 1 is 0.935 bits per heavy atom. The normalized spacial score (nSPS) is 20.7. The van der Waals surface area contributed by atoms with Crippen molar-refractivity contribution in [1.82, 2.24) is 0 Å². The summed E-state index contributed by atoms with van der Waals surface area (Å²) in [5, 5.41) is 11.4. The van der Waals surface area contributed by atoms with Crippen LogP contribution in [0.4, 0.5) is 5.69 Å². The molecule has 1 heterocycles. The van der Waals surface area contributed by atoms with E-state index in [9.17, 15) is 14.7 Å². The molecule has 1 aliphatic rings. The van der Waals surface area contributed by atoms with Crippen molar-refractivity contribution in [2.24, 2.45) is 0 Å². The molecule has 3 aromatic carbocycles. The lowest BCUT2D eigenvalue weighted by Crippen LogP contribution is -2.16. The lowest BCUT2D eigenvalue weighted by molar-refractivity contribution is -0.384. The summed E-state index contributed by atoms with van der Waals surface area (Å²) in [7, 11) is -3.88. The van der Waals surface area contributed by atoms with Gasteiger partial charge >= 0.3 is 7.82 Å². The molecule has 4 rings (SSSR count). The zero-order chi connectivity index (χ0) is 21.8. The number of ether oxygens (including phenoxy) is 1. The molecule has 0 amide bonds. The van der Waals surface area contributed by atoms with Crippen LogP contribution in [0.15, 0.2) is 72.8 Å². The van der Waals surface area contributed by atoms with E-state index in [1.54, 1.807) is 36.4 Å². The van der Waals surface area contributed by atoms with E-state index in [4.69, 9.17) is 29.9 Å². The highest BCUT2D eigenvalue weighted by Crippen LogP contribution is 2.56. The zero-order valence-corrected chi connectivity index (χ0v) is 17.7. The first-order chi connectivity index (χ1) is 14.9. The van der Waals surface area contributed by atoms with Gasteiger partial charge in [0.05, 0.1) is 17.6 Å². The smallest absolute Gasteiger partial charge is 0.457 e. The number of hydrogen-bond acceptors (Lipinski definition) is 7. The molecule has 0 aliphatic carbocycles. The lowest BCUT2D eigenvalue weighted by atomic mass is 10.1. The summed E-state index contributed by atoms with van der Waals surface area (Å²) < 4.78 is 35.0. The minimum absolute atomic E-state index is 0.102. The maximum atomic E-state index is 12.9. The number of nitro benzene ring substituents is 1. The van der Waals surface area contributed by atoms with Crippen molar-refractivity contribution in [3.63, 3.8) is 0 Å². The van der Waals surface area contributed by atoms with Crippen LogP contribution in [-0.2, 0) is 13.6 Å². The maximum absolute atomic E-state index is 12.9. The molecule has 10 heteroatoms. The number of phosphoric ester groups is 1. The predicted octanol–water partition coefficient (Wildman–Crippen LogP) is 6.71. The number of halogens is 1. The van der Waals surface area contributed by atoms with Crippen LogP contribution >= 0.6 is 19.4 Å². The van der Waals surface area contributed by atoms with E-state index in [0.29, 0.717) is 22.9 Å². The molecule has 1 saturated heterocycles. The van der Waals surface area contributed by atoms with Gasteiger partial charge in [0.1, 0.15) is 17.2 Å². The van der Waals surface area contributed by atoms with Gasteiger partial charge in [-0.2, -0.15) is 0 Å². The van der Waals surface area contributed by atoms with Gasteiger partial charge in [0.2, 0.25) is 0 Å². The van der Waals surface area contributed by atoms with Gasteiger partial charge in [0.15, 0.2) is 0 Å². The lowest BCUT2D eigenvalue weighted by Gasteiger charge is -2.29. The Balaban J connectivity index is 1.42. The minimum atomic E-state index is -3.88. The average molecular weight is 462 g/mol. The zero-order valence-electron chi connectivity index (χ0n) is 16.0. The van der Waals surface area contributed by atoms with E-state index in [1.807, 2.05) is 12.1 Å². The van der Waals surface area contributed by atoms with Gasteiger partial charge in [-0.1, -0.05) is 23.7 Å². The third-order valence-corrected chi connectivity index (χ3v) is 6.15. The molecule has 0 spiro atoms. The number of nitrogens with zero attached hydrogens (tertiary/aromatic N) is 1. The van der Waals surface area contributed by atoms with Gasteiger partial charge in [-0.25, -0.2) is 4.57 Å². The van der Waals surface area contributed by atoms with Crippen LogP contribution in [0.3, 0.4) is 0 Å². The SMILES string of the molecule is O=[N+]([O-])c1ccc(O[P@]2(=O)OCC[C@@H](c3ccc(Oc4ccc(Cl)cc4)cc3)O2)cc1. The largest absolute Gasteiger partial charge is 0.530 e. The molecule has 0 radical (unpaired) electrons. The first-order valence-corrected chi connectivity index (χ1v) is 11.1. The molecule has 8 nitrogen and oxygen atoms in total. The molecular formula is C21H17ClNO7P. The number of non-ortho nitro benzene ring substituents is 1. The molecule has 2 atom stereocenters. The van der Waals surface area contributed by atoms with Gasteiger partial charge < -0.3 is 9.26 Å². The summed E-state index contributed by atoms with van der Waals surface area (Å²) in [6, 6.07) is 19.4. The van der Waals surface area contributed by atoms with Crippen LogP contribution in [0.25, 0.3) is 0 Å².